The van der Waals surface area contributed by atoms with Gasteiger partial charge >= 0.3 is 0 Å². The van der Waals surface area contributed by atoms with Gasteiger partial charge in [-0.05, 0) is 25.2 Å². The van der Waals surface area contributed by atoms with Crippen LogP contribution in [0.15, 0.2) is 0 Å². The van der Waals surface area contributed by atoms with E-state index in [1.165, 1.54) is 58.5 Å². The van der Waals surface area contributed by atoms with E-state index in [1.54, 1.807) is 0 Å². The minimum Gasteiger partial charge on any atom is -0.376 e. The van der Waals surface area contributed by atoms with E-state index in [0.717, 1.165) is 25.6 Å². The first-order valence-corrected chi connectivity index (χ1v) is 7.67. The van der Waals surface area contributed by atoms with Crippen molar-refractivity contribution in [2.24, 2.45) is 5.92 Å². The van der Waals surface area contributed by atoms with Crippen molar-refractivity contribution in [2.75, 3.05) is 59.0 Å². The lowest BCUT2D eigenvalue weighted by molar-refractivity contribution is 0.0137. The van der Waals surface area contributed by atoms with Crippen LogP contribution >= 0.6 is 0 Å². The van der Waals surface area contributed by atoms with Gasteiger partial charge in [-0.1, -0.05) is 0 Å². The minimum atomic E-state index is 0.447. The molecule has 0 aromatic rings. The molecule has 104 valence electrons. The fraction of sp³-hybridized carbons (Fsp3) is 1.00. The molecule has 2 aliphatic heterocycles. The van der Waals surface area contributed by atoms with E-state index in [2.05, 4.69) is 15.1 Å². The van der Waals surface area contributed by atoms with E-state index in [4.69, 9.17) is 4.74 Å². The standard InChI is InChI=1S/C14H27N3O/c1-2-13(1)12-17-8-6-16(7-9-17)5-3-14-11-15-4-10-18-14/h13-15H,1-12H2. The maximum absolute atomic E-state index is 5.75. The maximum Gasteiger partial charge on any atom is 0.0712 e. The molecule has 0 aromatic carbocycles. The summed E-state index contributed by atoms with van der Waals surface area (Å²) in [7, 11) is 0. The van der Waals surface area contributed by atoms with Gasteiger partial charge in [-0.15, -0.1) is 0 Å². The molecule has 2 heterocycles. The highest BCUT2D eigenvalue weighted by atomic mass is 16.5. The topological polar surface area (TPSA) is 27.7 Å². The summed E-state index contributed by atoms with van der Waals surface area (Å²) in [6.07, 6.45) is 4.59. The molecule has 4 nitrogen and oxygen atoms in total. The summed E-state index contributed by atoms with van der Waals surface area (Å²) in [6.45, 7) is 10.6. The Hall–Kier alpha value is -0.160. The normalized spacial score (nSPS) is 31.7. The first-order chi connectivity index (χ1) is 8.90. The summed E-state index contributed by atoms with van der Waals surface area (Å²) in [5.74, 6) is 1.04. The minimum absolute atomic E-state index is 0.447. The van der Waals surface area contributed by atoms with Crippen LogP contribution in [-0.2, 0) is 4.74 Å². The molecule has 1 unspecified atom stereocenters. The molecule has 1 saturated carbocycles. The third-order valence-corrected chi connectivity index (χ3v) is 4.45. The molecule has 1 N–H and O–H groups in total. The van der Waals surface area contributed by atoms with Crippen LogP contribution in [0, 0.1) is 5.92 Å². The van der Waals surface area contributed by atoms with Crippen molar-refractivity contribution in [1.29, 1.82) is 0 Å². The Balaban J connectivity index is 1.29. The first-order valence-electron chi connectivity index (χ1n) is 7.67. The lowest BCUT2D eigenvalue weighted by Crippen LogP contribution is -2.48. The third-order valence-electron chi connectivity index (χ3n) is 4.45. The van der Waals surface area contributed by atoms with Gasteiger partial charge in [-0.2, -0.15) is 0 Å². The molecule has 0 amide bonds. The van der Waals surface area contributed by atoms with Crippen molar-refractivity contribution in [3.8, 4) is 0 Å². The summed E-state index contributed by atoms with van der Waals surface area (Å²) >= 11 is 0. The molecule has 0 aromatic heterocycles. The highest BCUT2D eigenvalue weighted by Crippen LogP contribution is 2.29. The van der Waals surface area contributed by atoms with Crippen molar-refractivity contribution in [1.82, 2.24) is 15.1 Å². The zero-order chi connectivity index (χ0) is 12.2. The van der Waals surface area contributed by atoms with E-state index >= 15 is 0 Å². The highest BCUT2D eigenvalue weighted by molar-refractivity contribution is 4.81. The molecule has 1 aliphatic carbocycles. The molecule has 3 rings (SSSR count). The summed E-state index contributed by atoms with van der Waals surface area (Å²) < 4.78 is 5.75. The number of nitrogens with one attached hydrogen (secondary N) is 1. The second-order valence-electron chi connectivity index (χ2n) is 6.07. The van der Waals surface area contributed by atoms with E-state index in [-0.39, 0.29) is 0 Å². The smallest absolute Gasteiger partial charge is 0.0712 e. The van der Waals surface area contributed by atoms with Gasteiger partial charge in [0, 0.05) is 52.4 Å². The zero-order valence-corrected chi connectivity index (χ0v) is 11.4. The monoisotopic (exact) mass is 253 g/mol. The maximum atomic E-state index is 5.75. The number of morpholine rings is 1. The molecular formula is C14H27N3O. The van der Waals surface area contributed by atoms with Crippen LogP contribution in [0.4, 0.5) is 0 Å². The second kappa shape index (κ2) is 6.33. The first kappa shape index (κ1) is 12.9. The second-order valence-corrected chi connectivity index (χ2v) is 6.07. The SMILES string of the molecule is C1COC(CCN2CCN(CC3CC3)CC2)CN1. The Morgan fingerprint density at radius 2 is 1.83 bits per heavy atom. The molecule has 18 heavy (non-hydrogen) atoms. The highest BCUT2D eigenvalue weighted by Gasteiger charge is 2.26. The van der Waals surface area contributed by atoms with E-state index in [9.17, 15) is 0 Å². The number of hydrogen-bond donors (Lipinski definition) is 1. The van der Waals surface area contributed by atoms with Crippen LogP contribution in [0.3, 0.4) is 0 Å². The lowest BCUT2D eigenvalue weighted by atomic mass is 10.2. The Kier molecular flexibility index (Phi) is 4.52. The van der Waals surface area contributed by atoms with E-state index in [0.29, 0.717) is 6.10 Å². The third kappa shape index (κ3) is 3.92. The van der Waals surface area contributed by atoms with Crippen molar-refractivity contribution < 1.29 is 4.74 Å². The summed E-state index contributed by atoms with van der Waals surface area (Å²) in [4.78, 5) is 5.27. The van der Waals surface area contributed by atoms with Crippen LogP contribution < -0.4 is 5.32 Å². The van der Waals surface area contributed by atoms with Crippen molar-refractivity contribution in [2.45, 2.75) is 25.4 Å². The molecule has 0 bridgehead atoms. The predicted molar refractivity (Wildman–Crippen MR) is 72.8 cm³/mol. The van der Waals surface area contributed by atoms with Crippen LogP contribution in [0.5, 0.6) is 0 Å². The molecule has 3 aliphatic rings. The van der Waals surface area contributed by atoms with E-state index < -0.39 is 0 Å². The summed E-state index contributed by atoms with van der Waals surface area (Å²) in [5, 5.41) is 3.41. The summed E-state index contributed by atoms with van der Waals surface area (Å²) in [6, 6.07) is 0. The molecule has 1 atom stereocenters. The van der Waals surface area contributed by atoms with Gasteiger partial charge < -0.3 is 19.9 Å². The molecule has 0 radical (unpaired) electrons. The van der Waals surface area contributed by atoms with Gasteiger partial charge in [0.05, 0.1) is 12.7 Å². The van der Waals surface area contributed by atoms with Crippen LogP contribution in [-0.4, -0.2) is 74.9 Å². The average Bonchev–Trinajstić information content (AvgIpc) is 3.23. The van der Waals surface area contributed by atoms with Crippen LogP contribution in [0.25, 0.3) is 0 Å². The Morgan fingerprint density at radius 1 is 1.06 bits per heavy atom. The lowest BCUT2D eigenvalue weighted by Gasteiger charge is -2.35. The van der Waals surface area contributed by atoms with Gasteiger partial charge in [0.2, 0.25) is 0 Å². The molecule has 3 fully saturated rings. The Bertz CT molecular complexity index is 243. The number of hydrogen-bond acceptors (Lipinski definition) is 4. The van der Waals surface area contributed by atoms with Crippen molar-refractivity contribution in [3.63, 3.8) is 0 Å². The Labute approximate surface area is 111 Å². The van der Waals surface area contributed by atoms with Gasteiger partial charge in [-0.3, -0.25) is 0 Å². The zero-order valence-electron chi connectivity index (χ0n) is 11.4. The van der Waals surface area contributed by atoms with Gasteiger partial charge in [0.1, 0.15) is 0 Å². The molecule has 2 saturated heterocycles. The molecule has 0 spiro atoms. The molecule has 4 heteroatoms. The van der Waals surface area contributed by atoms with Crippen molar-refractivity contribution >= 4 is 0 Å². The number of rotatable bonds is 5. The van der Waals surface area contributed by atoms with Crippen LogP contribution in [0.1, 0.15) is 19.3 Å². The molecular weight excluding hydrogens is 226 g/mol. The number of nitrogens with zero attached hydrogens (tertiary/aromatic N) is 2. The number of piperazine rings is 1. The Morgan fingerprint density at radius 3 is 2.50 bits per heavy atom. The average molecular weight is 253 g/mol. The van der Waals surface area contributed by atoms with Crippen LogP contribution in [0.2, 0.25) is 0 Å². The predicted octanol–water partition coefficient (Wildman–Crippen LogP) is 0.393. The summed E-state index contributed by atoms with van der Waals surface area (Å²) in [5.41, 5.74) is 0. The fourth-order valence-corrected chi connectivity index (χ4v) is 2.99. The number of ether oxygens (including phenoxy) is 1. The van der Waals surface area contributed by atoms with Gasteiger partial charge in [-0.25, -0.2) is 0 Å². The van der Waals surface area contributed by atoms with Gasteiger partial charge in [0.25, 0.3) is 0 Å². The fourth-order valence-electron chi connectivity index (χ4n) is 2.99. The van der Waals surface area contributed by atoms with E-state index in [1.807, 2.05) is 0 Å². The van der Waals surface area contributed by atoms with Gasteiger partial charge in [0.15, 0.2) is 0 Å². The largest absolute Gasteiger partial charge is 0.376 e. The quantitative estimate of drug-likeness (QED) is 0.767. The van der Waals surface area contributed by atoms with Crippen molar-refractivity contribution in [3.05, 3.63) is 0 Å².